The highest BCUT2D eigenvalue weighted by Gasteiger charge is 2.13. The Balaban J connectivity index is 1.75. The van der Waals surface area contributed by atoms with Crippen LogP contribution in [0.2, 0.25) is 0 Å². The summed E-state index contributed by atoms with van der Waals surface area (Å²) in [7, 11) is 0. The number of aryl methyl sites for hydroxylation is 2. The molecule has 0 radical (unpaired) electrons. The summed E-state index contributed by atoms with van der Waals surface area (Å²) in [5, 5.41) is 16.3. The first-order chi connectivity index (χ1) is 12.4. The maximum Gasteiger partial charge on any atom is 0.272 e. The molecule has 0 spiro atoms. The molecule has 2 aromatic rings. The standard InChI is InChI=1S/C18H20N4O4/c1-12-10-14(6-7-16(12)22(25)26)17(23)19-8-3-9-20-18(24)15-5-4-13(2)21-11-15/h4-7,10-11H,3,8-9H2,1-2H3,(H,19,23)(H,20,24). The Hall–Kier alpha value is -3.29. The number of nitro groups is 1. The summed E-state index contributed by atoms with van der Waals surface area (Å²) in [6.07, 6.45) is 2.08. The lowest BCUT2D eigenvalue weighted by molar-refractivity contribution is -0.385. The highest BCUT2D eigenvalue weighted by Crippen LogP contribution is 2.18. The average Bonchev–Trinajstić information content (AvgIpc) is 2.61. The van der Waals surface area contributed by atoms with Crippen molar-refractivity contribution in [2.45, 2.75) is 20.3 Å². The van der Waals surface area contributed by atoms with Gasteiger partial charge in [-0.1, -0.05) is 0 Å². The summed E-state index contributed by atoms with van der Waals surface area (Å²) < 4.78 is 0. The third-order valence-electron chi connectivity index (χ3n) is 3.75. The van der Waals surface area contributed by atoms with E-state index in [9.17, 15) is 19.7 Å². The fraction of sp³-hybridized carbons (Fsp3) is 0.278. The summed E-state index contributed by atoms with van der Waals surface area (Å²) in [6, 6.07) is 7.70. The van der Waals surface area contributed by atoms with Crippen LogP contribution in [0.15, 0.2) is 36.5 Å². The second kappa shape index (κ2) is 8.70. The van der Waals surface area contributed by atoms with Crippen LogP contribution >= 0.6 is 0 Å². The molecule has 0 bridgehead atoms. The molecule has 2 amide bonds. The highest BCUT2D eigenvalue weighted by atomic mass is 16.6. The fourth-order valence-corrected chi connectivity index (χ4v) is 2.30. The van der Waals surface area contributed by atoms with Gasteiger partial charge in [0.15, 0.2) is 0 Å². The highest BCUT2D eigenvalue weighted by molar-refractivity contribution is 5.95. The van der Waals surface area contributed by atoms with Gasteiger partial charge in [-0.2, -0.15) is 0 Å². The molecule has 0 saturated heterocycles. The normalized spacial score (nSPS) is 10.2. The van der Waals surface area contributed by atoms with Gasteiger partial charge in [0.05, 0.1) is 10.5 Å². The number of carbonyl (C=O) groups excluding carboxylic acids is 2. The monoisotopic (exact) mass is 356 g/mol. The van der Waals surface area contributed by atoms with Gasteiger partial charge >= 0.3 is 0 Å². The van der Waals surface area contributed by atoms with Crippen LogP contribution in [0, 0.1) is 24.0 Å². The number of hydrogen-bond acceptors (Lipinski definition) is 5. The van der Waals surface area contributed by atoms with E-state index >= 15 is 0 Å². The average molecular weight is 356 g/mol. The van der Waals surface area contributed by atoms with E-state index in [-0.39, 0.29) is 17.5 Å². The Morgan fingerprint density at radius 1 is 1.04 bits per heavy atom. The van der Waals surface area contributed by atoms with Crippen molar-refractivity contribution >= 4 is 17.5 Å². The summed E-state index contributed by atoms with van der Waals surface area (Å²) in [6.45, 7) is 4.22. The number of pyridine rings is 1. The van der Waals surface area contributed by atoms with Gasteiger partial charge in [0.1, 0.15) is 0 Å². The third-order valence-corrected chi connectivity index (χ3v) is 3.75. The molecule has 8 nitrogen and oxygen atoms in total. The Morgan fingerprint density at radius 2 is 1.65 bits per heavy atom. The number of rotatable bonds is 7. The van der Waals surface area contributed by atoms with E-state index in [0.29, 0.717) is 36.2 Å². The van der Waals surface area contributed by atoms with E-state index < -0.39 is 4.92 Å². The van der Waals surface area contributed by atoms with Crippen molar-refractivity contribution in [1.82, 2.24) is 15.6 Å². The molecule has 1 aromatic heterocycles. The lowest BCUT2D eigenvalue weighted by Crippen LogP contribution is -2.30. The minimum Gasteiger partial charge on any atom is -0.352 e. The van der Waals surface area contributed by atoms with Crippen molar-refractivity contribution in [3.8, 4) is 0 Å². The zero-order chi connectivity index (χ0) is 19.1. The van der Waals surface area contributed by atoms with Gasteiger partial charge < -0.3 is 10.6 Å². The zero-order valence-corrected chi connectivity index (χ0v) is 14.6. The van der Waals surface area contributed by atoms with Gasteiger partial charge in [-0.3, -0.25) is 24.7 Å². The predicted octanol–water partition coefficient (Wildman–Crippen LogP) is 2.16. The van der Waals surface area contributed by atoms with Crippen LogP contribution in [0.25, 0.3) is 0 Å². The zero-order valence-electron chi connectivity index (χ0n) is 14.6. The van der Waals surface area contributed by atoms with Gasteiger partial charge in [0, 0.05) is 42.2 Å². The maximum absolute atomic E-state index is 12.1. The first-order valence-corrected chi connectivity index (χ1v) is 8.12. The van der Waals surface area contributed by atoms with E-state index in [1.165, 1.54) is 24.4 Å². The molecular formula is C18H20N4O4. The Kier molecular flexibility index (Phi) is 6.37. The number of amides is 2. The Labute approximate surface area is 150 Å². The first-order valence-electron chi connectivity index (χ1n) is 8.12. The summed E-state index contributed by atoms with van der Waals surface area (Å²) in [5.41, 5.74) is 2.10. The summed E-state index contributed by atoms with van der Waals surface area (Å²) in [5.74, 6) is -0.521. The second-order valence-electron chi connectivity index (χ2n) is 5.81. The minimum atomic E-state index is -0.483. The smallest absolute Gasteiger partial charge is 0.272 e. The maximum atomic E-state index is 12.1. The number of carbonyl (C=O) groups is 2. The molecule has 0 fully saturated rings. The van der Waals surface area contributed by atoms with E-state index in [1.807, 2.05) is 6.92 Å². The summed E-state index contributed by atoms with van der Waals surface area (Å²) in [4.78, 5) is 38.3. The molecule has 0 unspecified atom stereocenters. The molecule has 0 aliphatic carbocycles. The van der Waals surface area contributed by atoms with E-state index in [2.05, 4.69) is 15.6 Å². The molecule has 8 heteroatoms. The van der Waals surface area contributed by atoms with Crippen molar-refractivity contribution in [3.05, 3.63) is 69.0 Å². The van der Waals surface area contributed by atoms with Crippen LogP contribution in [0.4, 0.5) is 5.69 Å². The molecule has 1 heterocycles. The van der Waals surface area contributed by atoms with Crippen molar-refractivity contribution in [2.75, 3.05) is 13.1 Å². The van der Waals surface area contributed by atoms with Crippen LogP contribution in [0.3, 0.4) is 0 Å². The molecule has 0 saturated carbocycles. The van der Waals surface area contributed by atoms with Gasteiger partial charge in [-0.05, 0) is 44.5 Å². The molecular weight excluding hydrogens is 336 g/mol. The summed E-state index contributed by atoms with van der Waals surface area (Å²) >= 11 is 0. The van der Waals surface area contributed by atoms with Gasteiger partial charge in [0.25, 0.3) is 17.5 Å². The largest absolute Gasteiger partial charge is 0.352 e. The Bertz CT molecular complexity index is 818. The second-order valence-corrected chi connectivity index (χ2v) is 5.81. The topological polar surface area (TPSA) is 114 Å². The molecule has 136 valence electrons. The SMILES string of the molecule is Cc1ccc(C(=O)NCCCNC(=O)c2ccc([N+](=O)[O-])c(C)c2)cn1. The number of hydrogen-bond donors (Lipinski definition) is 2. The van der Waals surface area contributed by atoms with Crippen LogP contribution in [-0.4, -0.2) is 34.8 Å². The van der Waals surface area contributed by atoms with Crippen LogP contribution < -0.4 is 10.6 Å². The first kappa shape index (κ1) is 19.0. The molecule has 2 rings (SSSR count). The predicted molar refractivity (Wildman–Crippen MR) is 96.1 cm³/mol. The number of aromatic nitrogens is 1. The van der Waals surface area contributed by atoms with Gasteiger partial charge in [0.2, 0.25) is 0 Å². The fourth-order valence-electron chi connectivity index (χ4n) is 2.30. The van der Waals surface area contributed by atoms with Gasteiger partial charge in [-0.15, -0.1) is 0 Å². The van der Waals surface area contributed by atoms with E-state index in [4.69, 9.17) is 0 Å². The van der Waals surface area contributed by atoms with Crippen molar-refractivity contribution < 1.29 is 14.5 Å². The van der Waals surface area contributed by atoms with Crippen molar-refractivity contribution in [2.24, 2.45) is 0 Å². The minimum absolute atomic E-state index is 0.0187. The third kappa shape index (κ3) is 5.10. The van der Waals surface area contributed by atoms with E-state index in [0.717, 1.165) is 5.69 Å². The number of nitro benzene ring substituents is 1. The molecule has 26 heavy (non-hydrogen) atoms. The number of nitrogens with one attached hydrogen (secondary N) is 2. The van der Waals surface area contributed by atoms with Crippen molar-refractivity contribution in [3.63, 3.8) is 0 Å². The molecule has 0 aliphatic rings. The van der Waals surface area contributed by atoms with Crippen molar-refractivity contribution in [1.29, 1.82) is 0 Å². The van der Waals surface area contributed by atoms with Crippen LogP contribution in [0.5, 0.6) is 0 Å². The molecule has 0 atom stereocenters. The van der Waals surface area contributed by atoms with Crippen LogP contribution in [0.1, 0.15) is 38.4 Å². The quantitative estimate of drug-likeness (QED) is 0.448. The molecule has 1 aromatic carbocycles. The number of benzene rings is 1. The lowest BCUT2D eigenvalue weighted by atomic mass is 10.1. The molecule has 2 N–H and O–H groups in total. The lowest BCUT2D eigenvalue weighted by Gasteiger charge is -2.08. The van der Waals surface area contributed by atoms with E-state index in [1.54, 1.807) is 19.1 Å². The van der Waals surface area contributed by atoms with Crippen LogP contribution in [-0.2, 0) is 0 Å². The number of nitrogens with zero attached hydrogens (tertiary/aromatic N) is 2. The Morgan fingerprint density at radius 3 is 2.19 bits per heavy atom. The van der Waals surface area contributed by atoms with Gasteiger partial charge in [-0.25, -0.2) is 0 Å². The molecule has 0 aliphatic heterocycles.